The van der Waals surface area contributed by atoms with Crippen LogP contribution in [0.1, 0.15) is 24.0 Å². The SMILES string of the molecule is C[N+]1(Cc2ccccc2)CC2CCC(C1)C2COC(=O)Cc1cccc(-c2ccc(F)cc2)c1O. The number of carbonyl (C=O) groups excluding carboxylic acids is 1. The highest BCUT2D eigenvalue weighted by Crippen LogP contribution is 2.45. The van der Waals surface area contributed by atoms with Crippen LogP contribution in [0.5, 0.6) is 5.75 Å². The van der Waals surface area contributed by atoms with E-state index in [1.165, 1.54) is 30.5 Å². The lowest BCUT2D eigenvalue weighted by molar-refractivity contribution is -0.933. The fourth-order valence-corrected chi connectivity index (χ4v) is 6.32. The first-order chi connectivity index (χ1) is 16.9. The minimum atomic E-state index is -0.330. The number of rotatable bonds is 7. The molecule has 3 aromatic rings. The van der Waals surface area contributed by atoms with Gasteiger partial charge in [0, 0.05) is 34.4 Å². The van der Waals surface area contributed by atoms with Gasteiger partial charge in [-0.3, -0.25) is 4.79 Å². The molecule has 2 unspecified atom stereocenters. The maximum Gasteiger partial charge on any atom is 0.310 e. The fourth-order valence-electron chi connectivity index (χ4n) is 6.32. The van der Waals surface area contributed by atoms with Crippen LogP contribution in [0, 0.1) is 23.6 Å². The number of halogens is 1. The van der Waals surface area contributed by atoms with Crippen LogP contribution in [0.15, 0.2) is 72.8 Å². The van der Waals surface area contributed by atoms with Crippen LogP contribution in [0.3, 0.4) is 0 Å². The third kappa shape index (κ3) is 5.25. The molecule has 2 bridgehead atoms. The molecule has 0 aromatic heterocycles. The van der Waals surface area contributed by atoms with Crippen molar-refractivity contribution in [2.24, 2.45) is 17.8 Å². The Labute approximate surface area is 206 Å². The Bertz CT molecular complexity index is 1160. The summed E-state index contributed by atoms with van der Waals surface area (Å²) in [7, 11) is 2.36. The summed E-state index contributed by atoms with van der Waals surface area (Å²) in [5.74, 6) is 0.964. The van der Waals surface area contributed by atoms with E-state index in [4.69, 9.17) is 4.74 Å². The number of para-hydroxylation sites is 1. The topological polar surface area (TPSA) is 46.5 Å². The first-order valence-electron chi connectivity index (χ1n) is 12.5. The summed E-state index contributed by atoms with van der Waals surface area (Å²) in [4.78, 5) is 12.7. The van der Waals surface area contributed by atoms with Gasteiger partial charge >= 0.3 is 5.97 Å². The van der Waals surface area contributed by atoms with E-state index in [2.05, 4.69) is 37.4 Å². The van der Waals surface area contributed by atoms with Gasteiger partial charge in [-0.1, -0.05) is 60.7 Å². The Kier molecular flexibility index (Phi) is 6.61. The summed E-state index contributed by atoms with van der Waals surface area (Å²) in [5, 5.41) is 10.7. The molecule has 1 aliphatic heterocycles. The molecule has 2 fully saturated rings. The largest absolute Gasteiger partial charge is 0.507 e. The average molecular weight is 475 g/mol. The molecule has 35 heavy (non-hydrogen) atoms. The molecule has 3 aromatic carbocycles. The number of esters is 1. The third-order valence-corrected chi connectivity index (χ3v) is 7.92. The second kappa shape index (κ2) is 9.82. The number of piperidine rings is 1. The Balaban J connectivity index is 1.19. The molecule has 1 heterocycles. The van der Waals surface area contributed by atoms with Crippen molar-refractivity contribution in [2.75, 3.05) is 26.7 Å². The van der Waals surface area contributed by atoms with Crippen molar-refractivity contribution in [1.29, 1.82) is 0 Å². The zero-order valence-corrected chi connectivity index (χ0v) is 20.2. The molecule has 2 aliphatic rings. The lowest BCUT2D eigenvalue weighted by atomic mass is 9.84. The second-order valence-corrected chi connectivity index (χ2v) is 10.6. The highest BCUT2D eigenvalue weighted by Gasteiger charge is 2.48. The zero-order valence-electron chi connectivity index (χ0n) is 20.2. The smallest absolute Gasteiger partial charge is 0.310 e. The Hall–Kier alpha value is -3.18. The van der Waals surface area contributed by atoms with Crippen molar-refractivity contribution in [3.05, 3.63) is 89.7 Å². The first-order valence-corrected chi connectivity index (χ1v) is 12.5. The van der Waals surface area contributed by atoms with Crippen LogP contribution >= 0.6 is 0 Å². The Morgan fingerprint density at radius 3 is 2.34 bits per heavy atom. The number of ether oxygens (including phenoxy) is 1. The van der Waals surface area contributed by atoms with Crippen LogP contribution in [0.2, 0.25) is 0 Å². The van der Waals surface area contributed by atoms with E-state index in [-0.39, 0.29) is 24.0 Å². The van der Waals surface area contributed by atoms with Crippen LogP contribution in [-0.4, -0.2) is 42.3 Å². The lowest BCUT2D eigenvalue weighted by Crippen LogP contribution is -2.54. The van der Waals surface area contributed by atoms with Gasteiger partial charge in [-0.15, -0.1) is 0 Å². The van der Waals surface area contributed by atoms with Crippen LogP contribution in [0.25, 0.3) is 11.1 Å². The number of phenolic OH excluding ortho intramolecular Hbond substituents is 1. The maximum atomic E-state index is 13.3. The van der Waals surface area contributed by atoms with E-state index in [0.717, 1.165) is 24.1 Å². The first kappa shape index (κ1) is 23.6. The summed E-state index contributed by atoms with van der Waals surface area (Å²) >= 11 is 0. The van der Waals surface area contributed by atoms with Crippen molar-refractivity contribution in [3.63, 3.8) is 0 Å². The van der Waals surface area contributed by atoms with E-state index >= 15 is 0 Å². The predicted octanol–water partition coefficient (Wildman–Crippen LogP) is 5.59. The summed E-state index contributed by atoms with van der Waals surface area (Å²) in [5.41, 5.74) is 3.18. The molecule has 0 radical (unpaired) electrons. The number of benzene rings is 3. The fraction of sp³-hybridized carbons (Fsp3) is 0.367. The van der Waals surface area contributed by atoms with Gasteiger partial charge in [0.15, 0.2) is 0 Å². The van der Waals surface area contributed by atoms with Gasteiger partial charge in [-0.05, 0) is 30.5 Å². The van der Waals surface area contributed by atoms with Gasteiger partial charge in [0.2, 0.25) is 0 Å². The van der Waals surface area contributed by atoms with E-state index in [1.807, 2.05) is 0 Å². The van der Waals surface area contributed by atoms with Crippen molar-refractivity contribution >= 4 is 5.97 Å². The van der Waals surface area contributed by atoms with Crippen LogP contribution < -0.4 is 0 Å². The van der Waals surface area contributed by atoms with Gasteiger partial charge in [0.05, 0.1) is 33.2 Å². The number of aromatic hydroxyl groups is 1. The molecular weight excluding hydrogens is 441 g/mol. The van der Waals surface area contributed by atoms with Crippen molar-refractivity contribution in [2.45, 2.75) is 25.8 Å². The molecule has 0 amide bonds. The summed E-state index contributed by atoms with van der Waals surface area (Å²) in [6.45, 7) is 3.74. The number of nitrogens with zero attached hydrogens (tertiary/aromatic N) is 1. The van der Waals surface area contributed by atoms with Crippen molar-refractivity contribution in [3.8, 4) is 16.9 Å². The second-order valence-electron chi connectivity index (χ2n) is 10.6. The number of likely N-dealkylation sites (tertiary alicyclic amines) is 1. The lowest BCUT2D eigenvalue weighted by Gasteiger charge is -2.44. The van der Waals surface area contributed by atoms with E-state index in [9.17, 15) is 14.3 Å². The molecule has 1 aliphatic carbocycles. The van der Waals surface area contributed by atoms with Crippen molar-refractivity contribution in [1.82, 2.24) is 0 Å². The van der Waals surface area contributed by atoms with E-state index in [1.54, 1.807) is 30.3 Å². The maximum absolute atomic E-state index is 13.3. The number of quaternary nitrogens is 1. The van der Waals surface area contributed by atoms with Gasteiger partial charge in [0.1, 0.15) is 18.1 Å². The van der Waals surface area contributed by atoms with Crippen molar-refractivity contribution < 1.29 is 23.5 Å². The standard InChI is InChI=1S/C30H32FNO3/c1-32(17-21-6-3-2-4-7-21)18-24-10-11-25(19-32)28(24)20-35-29(33)16-23-8-5-9-27(30(23)34)22-12-14-26(31)15-13-22/h2-9,12-15,24-25,28H,10-11,16-20H2,1H3/p+1. The Morgan fingerprint density at radius 2 is 1.66 bits per heavy atom. The van der Waals surface area contributed by atoms with Gasteiger partial charge in [-0.2, -0.15) is 0 Å². The number of hydrogen-bond acceptors (Lipinski definition) is 3. The molecule has 2 atom stereocenters. The minimum Gasteiger partial charge on any atom is -0.507 e. The summed E-state index contributed by atoms with van der Waals surface area (Å²) in [6, 6.07) is 22.0. The molecule has 0 spiro atoms. The monoisotopic (exact) mass is 474 g/mol. The van der Waals surface area contributed by atoms with E-state index < -0.39 is 0 Å². The van der Waals surface area contributed by atoms with Crippen LogP contribution in [-0.2, 0) is 22.5 Å². The molecule has 1 saturated heterocycles. The highest BCUT2D eigenvalue weighted by molar-refractivity contribution is 5.78. The predicted molar refractivity (Wildman–Crippen MR) is 134 cm³/mol. The molecule has 182 valence electrons. The molecule has 4 nitrogen and oxygen atoms in total. The number of phenols is 1. The van der Waals surface area contributed by atoms with E-state index in [0.29, 0.717) is 41.1 Å². The molecular formula is C30H33FNO3+. The Morgan fingerprint density at radius 1 is 0.971 bits per heavy atom. The van der Waals surface area contributed by atoms with Gasteiger partial charge in [0.25, 0.3) is 0 Å². The molecule has 1 saturated carbocycles. The number of carbonyl (C=O) groups is 1. The zero-order chi connectivity index (χ0) is 24.4. The highest BCUT2D eigenvalue weighted by atomic mass is 19.1. The minimum absolute atomic E-state index is 0.0186. The number of hydrogen-bond donors (Lipinski definition) is 1. The van der Waals surface area contributed by atoms with Gasteiger partial charge in [-0.25, -0.2) is 4.39 Å². The van der Waals surface area contributed by atoms with Crippen LogP contribution in [0.4, 0.5) is 4.39 Å². The third-order valence-electron chi connectivity index (χ3n) is 7.92. The molecule has 5 rings (SSSR count). The quantitative estimate of drug-likeness (QED) is 0.359. The normalized spacial score (nSPS) is 25.4. The average Bonchev–Trinajstić information content (AvgIpc) is 3.10. The number of fused-ring (bicyclic) bond motifs is 2. The van der Waals surface area contributed by atoms with Gasteiger partial charge < -0.3 is 14.3 Å². The summed E-state index contributed by atoms with van der Waals surface area (Å²) < 4.78 is 20.1. The summed E-state index contributed by atoms with van der Waals surface area (Å²) in [6.07, 6.45) is 2.43. The molecule has 1 N–H and O–H groups in total. The molecule has 5 heteroatoms.